The smallest absolute Gasteiger partial charge is 0.300 e. The Morgan fingerprint density at radius 1 is 0.947 bits per heavy atom. The monoisotopic (exact) mass is 512 g/mol. The van der Waals surface area contributed by atoms with Crippen LogP contribution in [-0.2, 0) is 9.59 Å². The molecule has 0 saturated carbocycles. The van der Waals surface area contributed by atoms with Gasteiger partial charge >= 0.3 is 0 Å². The summed E-state index contributed by atoms with van der Waals surface area (Å²) < 4.78 is 5.84. The molecule has 1 fully saturated rings. The normalized spacial score (nSPS) is 16.8. The Morgan fingerprint density at radius 2 is 1.61 bits per heavy atom. The van der Waals surface area contributed by atoms with Gasteiger partial charge in [-0.1, -0.05) is 24.3 Å². The molecule has 0 aliphatic carbocycles. The molecule has 6 nitrogen and oxygen atoms in total. The zero-order chi connectivity index (χ0) is 27.6. The minimum atomic E-state index is -0.762. The zero-order valence-electron chi connectivity index (χ0n) is 23.0. The number of Topliss-reactive ketones (excluding diaryl/α,β-unsaturated/α-hetero) is 1. The highest BCUT2D eigenvalue weighted by atomic mass is 16.5. The predicted molar refractivity (Wildman–Crippen MR) is 153 cm³/mol. The summed E-state index contributed by atoms with van der Waals surface area (Å²) >= 11 is 0. The molecule has 0 bridgehead atoms. The zero-order valence-corrected chi connectivity index (χ0v) is 23.0. The number of nitrogens with zero attached hydrogens (tertiary/aromatic N) is 2. The van der Waals surface area contributed by atoms with E-state index in [-0.39, 0.29) is 17.4 Å². The van der Waals surface area contributed by atoms with Crippen molar-refractivity contribution in [1.29, 1.82) is 0 Å². The molecule has 3 aromatic carbocycles. The Morgan fingerprint density at radius 3 is 2.18 bits per heavy atom. The maximum atomic E-state index is 13.5. The van der Waals surface area contributed by atoms with Crippen molar-refractivity contribution in [2.45, 2.75) is 53.7 Å². The SMILES string of the molecule is CCN(CC)c1ccc(N2C(=O)C(=O)/C(=C(/O)c3ccc(OC(C)C)c(C)c3)C2c2ccccc2C)cc1. The number of rotatable bonds is 8. The van der Waals surface area contributed by atoms with Crippen molar-refractivity contribution in [3.05, 3.63) is 94.6 Å². The van der Waals surface area contributed by atoms with Gasteiger partial charge in [0.15, 0.2) is 0 Å². The lowest BCUT2D eigenvalue weighted by Gasteiger charge is -2.27. The van der Waals surface area contributed by atoms with Gasteiger partial charge in [-0.05, 0) is 101 Å². The molecule has 4 rings (SSSR count). The van der Waals surface area contributed by atoms with Crippen LogP contribution in [0.25, 0.3) is 5.76 Å². The summed E-state index contributed by atoms with van der Waals surface area (Å²) in [6.07, 6.45) is 0.00708. The van der Waals surface area contributed by atoms with E-state index >= 15 is 0 Å². The fourth-order valence-corrected chi connectivity index (χ4v) is 5.04. The number of carbonyl (C=O) groups excluding carboxylic acids is 2. The highest BCUT2D eigenvalue weighted by Gasteiger charge is 2.47. The van der Waals surface area contributed by atoms with Crippen molar-refractivity contribution in [3.8, 4) is 5.75 Å². The number of ketones is 1. The molecule has 3 aromatic rings. The number of aryl methyl sites for hydroxylation is 2. The second-order valence-electron chi connectivity index (χ2n) is 9.86. The minimum absolute atomic E-state index is 0.00708. The van der Waals surface area contributed by atoms with Crippen LogP contribution in [-0.4, -0.2) is 36.0 Å². The fraction of sp³-hybridized carbons (Fsp3) is 0.312. The van der Waals surface area contributed by atoms with Gasteiger partial charge in [0.25, 0.3) is 11.7 Å². The van der Waals surface area contributed by atoms with Crippen LogP contribution < -0.4 is 14.5 Å². The summed E-state index contributed by atoms with van der Waals surface area (Å²) in [6, 6.07) is 19.9. The molecule has 1 saturated heterocycles. The van der Waals surface area contributed by atoms with Crippen molar-refractivity contribution in [1.82, 2.24) is 0 Å². The molecular formula is C32H36N2O4. The van der Waals surface area contributed by atoms with Crippen LogP contribution >= 0.6 is 0 Å². The van der Waals surface area contributed by atoms with Crippen LogP contribution in [0, 0.1) is 13.8 Å². The maximum absolute atomic E-state index is 13.5. The Bertz CT molecular complexity index is 1370. The van der Waals surface area contributed by atoms with Crippen LogP contribution in [0.15, 0.2) is 72.3 Å². The quantitative estimate of drug-likeness (QED) is 0.210. The van der Waals surface area contributed by atoms with Crippen LogP contribution in [0.3, 0.4) is 0 Å². The predicted octanol–water partition coefficient (Wildman–Crippen LogP) is 6.56. The number of anilines is 2. The molecule has 1 heterocycles. The van der Waals surface area contributed by atoms with Gasteiger partial charge in [-0.3, -0.25) is 14.5 Å². The highest BCUT2D eigenvalue weighted by molar-refractivity contribution is 6.51. The summed E-state index contributed by atoms with van der Waals surface area (Å²) in [6.45, 7) is 13.7. The first-order valence-corrected chi connectivity index (χ1v) is 13.2. The van der Waals surface area contributed by atoms with Crippen molar-refractivity contribution in [3.63, 3.8) is 0 Å². The summed E-state index contributed by atoms with van der Waals surface area (Å²) in [5, 5.41) is 11.5. The lowest BCUT2D eigenvalue weighted by molar-refractivity contribution is -0.132. The van der Waals surface area contributed by atoms with Crippen LogP contribution in [0.5, 0.6) is 5.75 Å². The molecule has 0 aromatic heterocycles. The van der Waals surface area contributed by atoms with Gasteiger partial charge in [-0.25, -0.2) is 0 Å². The first-order chi connectivity index (χ1) is 18.2. The van der Waals surface area contributed by atoms with Crippen LogP contribution in [0.1, 0.15) is 56.0 Å². The number of hydrogen-bond donors (Lipinski definition) is 1. The number of benzene rings is 3. The Kier molecular flexibility index (Phi) is 7.91. The number of ether oxygens (including phenoxy) is 1. The third-order valence-corrected chi connectivity index (χ3v) is 6.99. The van der Waals surface area contributed by atoms with E-state index in [2.05, 4.69) is 18.7 Å². The van der Waals surface area contributed by atoms with Crippen molar-refractivity contribution in [2.24, 2.45) is 0 Å². The average Bonchev–Trinajstić information content (AvgIpc) is 3.16. The highest BCUT2D eigenvalue weighted by Crippen LogP contribution is 2.43. The Labute approximate surface area is 225 Å². The molecule has 1 N–H and O–H groups in total. The topological polar surface area (TPSA) is 70.1 Å². The first kappa shape index (κ1) is 27.0. The van der Waals surface area contributed by atoms with E-state index in [0.717, 1.165) is 35.5 Å². The van der Waals surface area contributed by atoms with Gasteiger partial charge in [0.2, 0.25) is 0 Å². The fourth-order valence-electron chi connectivity index (χ4n) is 5.04. The van der Waals surface area contributed by atoms with Gasteiger partial charge in [-0.15, -0.1) is 0 Å². The van der Waals surface area contributed by atoms with Crippen LogP contribution in [0.2, 0.25) is 0 Å². The standard InChI is InChI=1S/C32H36N2O4/c1-7-33(8-2)24-14-16-25(17-15-24)34-29(26-12-10-9-11-21(26)5)28(31(36)32(34)37)30(35)23-13-18-27(22(6)19-23)38-20(3)4/h9-20,29,35H,7-8H2,1-6H3/b30-28+. The van der Waals surface area contributed by atoms with Crippen LogP contribution in [0.4, 0.5) is 11.4 Å². The molecule has 1 unspecified atom stereocenters. The molecule has 1 atom stereocenters. The van der Waals surface area contributed by atoms with Gasteiger partial charge in [0.05, 0.1) is 17.7 Å². The Hall–Kier alpha value is -4.06. The second-order valence-corrected chi connectivity index (χ2v) is 9.86. The molecule has 1 aliphatic rings. The third kappa shape index (κ3) is 5.03. The molecule has 1 amide bonds. The van der Waals surface area contributed by atoms with E-state index in [1.807, 2.05) is 76.2 Å². The summed E-state index contributed by atoms with van der Waals surface area (Å²) in [5.41, 5.74) is 4.73. The summed E-state index contributed by atoms with van der Waals surface area (Å²) in [4.78, 5) is 30.8. The number of aliphatic hydroxyl groups excluding tert-OH is 1. The number of hydrogen-bond acceptors (Lipinski definition) is 5. The van der Waals surface area contributed by atoms with E-state index in [0.29, 0.717) is 17.0 Å². The average molecular weight is 513 g/mol. The van der Waals surface area contributed by atoms with E-state index in [1.54, 1.807) is 18.2 Å². The van der Waals surface area contributed by atoms with Crippen molar-refractivity contribution in [2.75, 3.05) is 22.9 Å². The van der Waals surface area contributed by atoms with Crippen molar-refractivity contribution < 1.29 is 19.4 Å². The Balaban J connectivity index is 1.86. The van der Waals surface area contributed by atoms with Gasteiger partial charge in [-0.2, -0.15) is 0 Å². The summed E-state index contributed by atoms with van der Waals surface area (Å²) in [7, 11) is 0. The molecule has 38 heavy (non-hydrogen) atoms. The van der Waals surface area contributed by atoms with E-state index in [4.69, 9.17) is 4.74 Å². The molecule has 0 spiro atoms. The molecule has 1 aliphatic heterocycles. The number of aliphatic hydroxyl groups is 1. The maximum Gasteiger partial charge on any atom is 0.300 e. The van der Waals surface area contributed by atoms with Gasteiger partial charge in [0, 0.05) is 30.0 Å². The number of amides is 1. The molecular weight excluding hydrogens is 476 g/mol. The lowest BCUT2D eigenvalue weighted by Crippen LogP contribution is -2.30. The molecule has 198 valence electrons. The first-order valence-electron chi connectivity index (χ1n) is 13.2. The van der Waals surface area contributed by atoms with Gasteiger partial charge in [0.1, 0.15) is 11.5 Å². The minimum Gasteiger partial charge on any atom is -0.507 e. The molecule has 0 radical (unpaired) electrons. The number of carbonyl (C=O) groups is 2. The lowest BCUT2D eigenvalue weighted by atomic mass is 9.92. The van der Waals surface area contributed by atoms with E-state index in [9.17, 15) is 14.7 Å². The largest absolute Gasteiger partial charge is 0.507 e. The molecule has 6 heteroatoms. The van der Waals surface area contributed by atoms with E-state index < -0.39 is 17.7 Å². The van der Waals surface area contributed by atoms with Crippen molar-refractivity contribution >= 4 is 28.8 Å². The summed E-state index contributed by atoms with van der Waals surface area (Å²) in [5.74, 6) is -0.852. The van der Waals surface area contributed by atoms with Gasteiger partial charge < -0.3 is 14.7 Å². The second kappa shape index (κ2) is 11.1. The van der Waals surface area contributed by atoms with E-state index in [1.165, 1.54) is 4.90 Å². The third-order valence-electron chi connectivity index (χ3n) is 6.99.